The Kier molecular flexibility index (Phi) is 13.6. The molecule has 1 aromatic heterocycles. The average molecular weight is 354 g/mol. The quantitative estimate of drug-likeness (QED) is 0.747. The maximum Gasteiger partial charge on any atom is 0.434 e. The van der Waals surface area contributed by atoms with E-state index >= 15 is 0 Å². The minimum absolute atomic E-state index is 0.0865. The van der Waals surface area contributed by atoms with Crippen LogP contribution < -0.4 is 0 Å². The highest BCUT2D eigenvalue weighted by Gasteiger charge is 2.32. The SMILES string of the molecule is CC.CC.CC1CC(O)C(O)CO1.Cc1cncc(C(F)(F)F)n1. The first-order valence-corrected chi connectivity index (χ1v) is 8.03. The number of aromatic nitrogens is 2. The molecule has 8 heteroatoms. The van der Waals surface area contributed by atoms with Crippen molar-refractivity contribution in [2.75, 3.05) is 6.61 Å². The zero-order chi connectivity index (χ0) is 19.3. The van der Waals surface area contributed by atoms with Crippen molar-refractivity contribution in [2.45, 2.75) is 72.5 Å². The summed E-state index contributed by atoms with van der Waals surface area (Å²) in [5, 5.41) is 17.9. The van der Waals surface area contributed by atoms with Gasteiger partial charge in [-0.3, -0.25) is 4.98 Å². The lowest BCUT2D eigenvalue weighted by Gasteiger charge is -2.27. The molecule has 1 fully saturated rings. The monoisotopic (exact) mass is 354 g/mol. The second-order valence-corrected chi connectivity index (χ2v) is 4.56. The van der Waals surface area contributed by atoms with Crippen molar-refractivity contribution in [3.05, 3.63) is 23.8 Å². The fourth-order valence-electron chi connectivity index (χ4n) is 1.54. The van der Waals surface area contributed by atoms with Gasteiger partial charge in [0.1, 0.15) is 6.10 Å². The largest absolute Gasteiger partial charge is 0.434 e. The number of hydrogen-bond donors (Lipinski definition) is 2. The smallest absolute Gasteiger partial charge is 0.390 e. The summed E-state index contributed by atoms with van der Waals surface area (Å²) >= 11 is 0. The van der Waals surface area contributed by atoms with Gasteiger partial charge < -0.3 is 14.9 Å². The van der Waals surface area contributed by atoms with E-state index in [1.807, 2.05) is 34.6 Å². The third-order valence-corrected chi connectivity index (χ3v) is 2.61. The summed E-state index contributed by atoms with van der Waals surface area (Å²) < 4.78 is 40.6. The molecule has 142 valence electrons. The van der Waals surface area contributed by atoms with Crippen molar-refractivity contribution in [3.8, 4) is 0 Å². The summed E-state index contributed by atoms with van der Waals surface area (Å²) in [5.74, 6) is 0. The van der Waals surface area contributed by atoms with Crippen LogP contribution >= 0.6 is 0 Å². The van der Waals surface area contributed by atoms with Crippen molar-refractivity contribution >= 4 is 0 Å². The maximum atomic E-state index is 11.9. The number of alkyl halides is 3. The molecule has 0 radical (unpaired) electrons. The Balaban J connectivity index is 0. The van der Waals surface area contributed by atoms with E-state index in [9.17, 15) is 13.2 Å². The molecule has 1 aliphatic rings. The van der Waals surface area contributed by atoms with Gasteiger partial charge in [0.15, 0.2) is 5.69 Å². The summed E-state index contributed by atoms with van der Waals surface area (Å²) in [7, 11) is 0. The molecule has 0 amide bonds. The van der Waals surface area contributed by atoms with E-state index in [0.29, 0.717) is 12.6 Å². The van der Waals surface area contributed by atoms with Crippen LogP contribution in [0.15, 0.2) is 12.4 Å². The molecule has 1 saturated heterocycles. The lowest BCUT2D eigenvalue weighted by Crippen LogP contribution is -2.39. The summed E-state index contributed by atoms with van der Waals surface area (Å²) in [6, 6.07) is 0. The van der Waals surface area contributed by atoms with Crippen LogP contribution in [0.4, 0.5) is 13.2 Å². The first kappa shape index (κ1) is 25.0. The number of hydrogen-bond acceptors (Lipinski definition) is 5. The predicted molar refractivity (Wildman–Crippen MR) is 86.5 cm³/mol. The second-order valence-electron chi connectivity index (χ2n) is 4.56. The Morgan fingerprint density at radius 2 is 1.62 bits per heavy atom. The third kappa shape index (κ3) is 10.5. The molecule has 2 heterocycles. The minimum atomic E-state index is -4.39. The normalized spacial score (nSPS) is 22.7. The molecular weight excluding hydrogens is 325 g/mol. The molecule has 3 atom stereocenters. The Morgan fingerprint density at radius 3 is 1.96 bits per heavy atom. The highest BCUT2D eigenvalue weighted by molar-refractivity contribution is 5.04. The molecule has 0 bridgehead atoms. The summed E-state index contributed by atoms with van der Waals surface area (Å²) in [6.45, 7) is 11.6. The van der Waals surface area contributed by atoms with Crippen LogP contribution in [-0.4, -0.2) is 45.1 Å². The number of aryl methyl sites for hydroxylation is 1. The van der Waals surface area contributed by atoms with Crippen LogP contribution in [-0.2, 0) is 10.9 Å². The summed E-state index contributed by atoms with van der Waals surface area (Å²) in [4.78, 5) is 6.63. The van der Waals surface area contributed by atoms with Gasteiger partial charge in [0.05, 0.1) is 30.7 Å². The number of aliphatic hydroxyl groups is 2. The van der Waals surface area contributed by atoms with Crippen molar-refractivity contribution in [3.63, 3.8) is 0 Å². The molecule has 0 aromatic carbocycles. The van der Waals surface area contributed by atoms with E-state index in [1.54, 1.807) is 0 Å². The molecular formula is C16H29F3N2O3. The Hall–Kier alpha value is -1.25. The fourth-order valence-corrected chi connectivity index (χ4v) is 1.54. The molecule has 0 saturated carbocycles. The van der Waals surface area contributed by atoms with Crippen molar-refractivity contribution < 1.29 is 28.1 Å². The van der Waals surface area contributed by atoms with E-state index in [1.165, 1.54) is 13.1 Å². The number of nitrogens with zero attached hydrogens (tertiary/aromatic N) is 2. The van der Waals surface area contributed by atoms with Gasteiger partial charge in [0.2, 0.25) is 0 Å². The van der Waals surface area contributed by atoms with Gasteiger partial charge in [0.25, 0.3) is 0 Å². The summed E-state index contributed by atoms with van der Waals surface area (Å²) in [5.41, 5.74) is -0.683. The van der Waals surface area contributed by atoms with Crippen LogP contribution in [0.3, 0.4) is 0 Å². The van der Waals surface area contributed by atoms with Crippen molar-refractivity contribution in [2.24, 2.45) is 0 Å². The average Bonchev–Trinajstić information content (AvgIpc) is 2.55. The van der Waals surface area contributed by atoms with Crippen LogP contribution in [0.25, 0.3) is 0 Å². The standard InChI is InChI=1S/C6H5F3N2.C6H12O3.2C2H6/c1-4-2-10-3-5(11-4)6(7,8)9;1-4-2-5(7)6(8)3-9-4;2*1-2/h2-3H,1H3;4-8H,2-3H2,1H3;2*1-2H3. The van der Waals surface area contributed by atoms with Crippen molar-refractivity contribution in [1.82, 2.24) is 9.97 Å². The molecule has 2 rings (SSSR count). The zero-order valence-electron chi connectivity index (χ0n) is 15.1. The Bertz CT molecular complexity index is 431. The molecule has 3 unspecified atom stereocenters. The highest BCUT2D eigenvalue weighted by atomic mass is 19.4. The predicted octanol–water partition coefficient (Wildman–Crippen LogP) is 3.37. The van der Waals surface area contributed by atoms with Gasteiger partial charge in [-0.1, -0.05) is 27.7 Å². The van der Waals surface area contributed by atoms with Crippen LogP contribution in [0.2, 0.25) is 0 Å². The number of halogens is 3. The molecule has 24 heavy (non-hydrogen) atoms. The van der Waals surface area contributed by atoms with Gasteiger partial charge >= 0.3 is 6.18 Å². The van der Waals surface area contributed by atoms with Crippen LogP contribution in [0.1, 0.15) is 52.4 Å². The van der Waals surface area contributed by atoms with E-state index in [2.05, 4.69) is 9.97 Å². The Labute approximate surface area is 141 Å². The van der Waals surface area contributed by atoms with Gasteiger partial charge in [-0.15, -0.1) is 0 Å². The van der Waals surface area contributed by atoms with Gasteiger partial charge in [-0.2, -0.15) is 13.2 Å². The minimum Gasteiger partial charge on any atom is -0.390 e. The first-order chi connectivity index (χ1) is 11.2. The van der Waals surface area contributed by atoms with E-state index in [4.69, 9.17) is 14.9 Å². The summed E-state index contributed by atoms with van der Waals surface area (Å²) in [6.07, 6.45) is -3.05. The Morgan fingerprint density at radius 1 is 1.08 bits per heavy atom. The van der Waals surface area contributed by atoms with Crippen LogP contribution in [0, 0.1) is 6.92 Å². The van der Waals surface area contributed by atoms with E-state index in [0.717, 1.165) is 0 Å². The lowest BCUT2D eigenvalue weighted by molar-refractivity contribution is -0.141. The maximum absolute atomic E-state index is 11.9. The number of ether oxygens (including phenoxy) is 1. The highest BCUT2D eigenvalue weighted by Crippen LogP contribution is 2.26. The van der Waals surface area contributed by atoms with Crippen LogP contribution in [0.5, 0.6) is 0 Å². The van der Waals surface area contributed by atoms with Crippen molar-refractivity contribution in [1.29, 1.82) is 0 Å². The number of aliphatic hydroxyl groups excluding tert-OH is 2. The fraction of sp³-hybridized carbons (Fsp3) is 0.750. The molecule has 2 N–H and O–H groups in total. The molecule has 5 nitrogen and oxygen atoms in total. The third-order valence-electron chi connectivity index (χ3n) is 2.61. The molecule has 0 spiro atoms. The second kappa shape index (κ2) is 13.1. The van der Waals surface area contributed by atoms with E-state index in [-0.39, 0.29) is 18.4 Å². The topological polar surface area (TPSA) is 75.5 Å². The van der Waals surface area contributed by atoms with E-state index < -0.39 is 24.1 Å². The zero-order valence-corrected chi connectivity index (χ0v) is 15.1. The van der Waals surface area contributed by atoms with Gasteiger partial charge in [-0.05, 0) is 13.8 Å². The molecule has 1 aromatic rings. The molecule has 0 aliphatic carbocycles. The van der Waals surface area contributed by atoms with Gasteiger partial charge in [0, 0.05) is 12.6 Å². The van der Waals surface area contributed by atoms with Gasteiger partial charge in [-0.25, -0.2) is 4.98 Å². The lowest BCUT2D eigenvalue weighted by atomic mass is 10.1. The molecule has 1 aliphatic heterocycles. The first-order valence-electron chi connectivity index (χ1n) is 8.03. The number of rotatable bonds is 0.